The van der Waals surface area contributed by atoms with Gasteiger partial charge in [0.05, 0.1) is 5.75 Å². The molecule has 148 valence electrons. The molecule has 1 aromatic heterocycles. The van der Waals surface area contributed by atoms with E-state index in [1.807, 2.05) is 6.07 Å². The monoisotopic (exact) mass is 398 g/mol. The summed E-state index contributed by atoms with van der Waals surface area (Å²) >= 11 is 1.39. The van der Waals surface area contributed by atoms with Gasteiger partial charge in [-0.3, -0.25) is 9.59 Å². The third kappa shape index (κ3) is 5.55. The zero-order valence-corrected chi connectivity index (χ0v) is 17.3. The zero-order chi connectivity index (χ0) is 20.1. The van der Waals surface area contributed by atoms with Crippen LogP contribution >= 0.6 is 11.8 Å². The largest absolute Gasteiger partial charge is 0.356 e. The molecule has 1 amide bonds. The van der Waals surface area contributed by atoms with Crippen molar-refractivity contribution in [3.8, 4) is 0 Å². The fourth-order valence-corrected chi connectivity index (χ4v) is 4.22. The molecule has 1 fully saturated rings. The van der Waals surface area contributed by atoms with E-state index in [-0.39, 0.29) is 17.4 Å². The zero-order valence-electron chi connectivity index (χ0n) is 16.5. The first-order valence-electron chi connectivity index (χ1n) is 9.51. The molecule has 1 saturated heterocycles. The van der Waals surface area contributed by atoms with Gasteiger partial charge in [-0.25, -0.2) is 9.97 Å². The molecule has 0 unspecified atom stereocenters. The Labute approximate surface area is 170 Å². The lowest BCUT2D eigenvalue weighted by Gasteiger charge is -2.35. The van der Waals surface area contributed by atoms with Crippen LogP contribution in [0.4, 0.5) is 11.5 Å². The predicted octanol–water partition coefficient (Wildman–Crippen LogP) is 3.89. The van der Waals surface area contributed by atoms with Gasteiger partial charge >= 0.3 is 0 Å². The summed E-state index contributed by atoms with van der Waals surface area (Å²) in [4.78, 5) is 34.6. The van der Waals surface area contributed by atoms with Crippen LogP contribution in [0.15, 0.2) is 41.7 Å². The second-order valence-corrected chi connectivity index (χ2v) is 8.53. The van der Waals surface area contributed by atoms with Crippen molar-refractivity contribution in [1.29, 1.82) is 0 Å². The number of thioether (sulfide) groups is 1. The molecular weight excluding hydrogens is 372 g/mol. The lowest BCUT2D eigenvalue weighted by molar-refractivity contribution is -0.113. The van der Waals surface area contributed by atoms with Crippen LogP contribution in [0.1, 0.15) is 37.6 Å². The highest BCUT2D eigenvalue weighted by molar-refractivity contribution is 7.99. The average Bonchev–Trinajstić information content (AvgIpc) is 2.66. The van der Waals surface area contributed by atoms with E-state index in [1.165, 1.54) is 25.1 Å². The summed E-state index contributed by atoms with van der Waals surface area (Å²) in [5.74, 6) is 2.38. The van der Waals surface area contributed by atoms with Gasteiger partial charge < -0.3 is 10.2 Å². The molecule has 1 aliphatic heterocycles. The van der Waals surface area contributed by atoms with E-state index in [0.29, 0.717) is 23.1 Å². The number of Topliss-reactive ketones (excluding diaryl/α,β-unsaturated/α-hetero) is 1. The number of rotatable bonds is 6. The van der Waals surface area contributed by atoms with Crippen molar-refractivity contribution in [3.63, 3.8) is 0 Å². The van der Waals surface area contributed by atoms with Crippen LogP contribution in [0.25, 0.3) is 0 Å². The number of nitrogens with zero attached hydrogens (tertiary/aromatic N) is 3. The summed E-state index contributed by atoms with van der Waals surface area (Å²) in [5, 5.41) is 3.63. The van der Waals surface area contributed by atoms with Crippen molar-refractivity contribution in [1.82, 2.24) is 9.97 Å². The van der Waals surface area contributed by atoms with E-state index in [9.17, 15) is 9.59 Å². The average molecular weight is 399 g/mol. The maximum absolute atomic E-state index is 12.2. The lowest BCUT2D eigenvalue weighted by Crippen LogP contribution is -2.39. The van der Waals surface area contributed by atoms with Gasteiger partial charge in [-0.2, -0.15) is 0 Å². The SMILES string of the molecule is CC(=O)c1ccc(NC(=O)CSc2cc(N3C[C@@H](C)C[C@H](C)C3)ncn2)cc1. The Kier molecular flexibility index (Phi) is 6.67. The van der Waals surface area contributed by atoms with Gasteiger partial charge in [-0.15, -0.1) is 0 Å². The number of piperidine rings is 1. The number of carbonyl (C=O) groups excluding carboxylic acids is 2. The van der Waals surface area contributed by atoms with E-state index >= 15 is 0 Å². The number of nitrogens with one attached hydrogen (secondary N) is 1. The molecular formula is C21H26N4O2S. The molecule has 2 atom stereocenters. The van der Waals surface area contributed by atoms with Crippen LogP contribution in [0, 0.1) is 11.8 Å². The van der Waals surface area contributed by atoms with Crippen LogP contribution in [0.3, 0.4) is 0 Å². The van der Waals surface area contributed by atoms with Gasteiger partial charge in [-0.05, 0) is 49.4 Å². The van der Waals surface area contributed by atoms with Crippen molar-refractivity contribution in [3.05, 3.63) is 42.2 Å². The molecule has 6 nitrogen and oxygen atoms in total. The van der Waals surface area contributed by atoms with Crippen LogP contribution in [-0.2, 0) is 4.79 Å². The predicted molar refractivity (Wildman–Crippen MR) is 113 cm³/mol. The molecule has 0 bridgehead atoms. The minimum absolute atomic E-state index is 0.00508. The van der Waals surface area contributed by atoms with E-state index in [1.54, 1.807) is 30.6 Å². The first kappa shape index (κ1) is 20.3. The van der Waals surface area contributed by atoms with Crippen molar-refractivity contribution < 1.29 is 9.59 Å². The van der Waals surface area contributed by atoms with Crippen LogP contribution in [-0.4, -0.2) is 40.5 Å². The molecule has 0 radical (unpaired) electrons. The maximum Gasteiger partial charge on any atom is 0.234 e. The van der Waals surface area contributed by atoms with Gasteiger partial charge in [0.25, 0.3) is 0 Å². The minimum atomic E-state index is -0.110. The summed E-state index contributed by atoms with van der Waals surface area (Å²) in [6.07, 6.45) is 2.82. The first-order valence-corrected chi connectivity index (χ1v) is 10.5. The van der Waals surface area contributed by atoms with Gasteiger partial charge in [0.15, 0.2) is 5.78 Å². The van der Waals surface area contributed by atoms with Crippen molar-refractivity contribution in [2.75, 3.05) is 29.1 Å². The van der Waals surface area contributed by atoms with Crippen LogP contribution in [0.2, 0.25) is 0 Å². The van der Waals surface area contributed by atoms with Crippen molar-refractivity contribution >= 4 is 35.0 Å². The molecule has 1 N–H and O–H groups in total. The van der Waals surface area contributed by atoms with Crippen LogP contribution in [0.5, 0.6) is 0 Å². The number of carbonyl (C=O) groups is 2. The standard InChI is InChI=1S/C21H26N4O2S/c1-14-8-15(2)11-25(10-14)19-9-21(23-13-22-19)28-12-20(27)24-18-6-4-17(5-7-18)16(3)26/h4-7,9,13-15H,8,10-12H2,1-3H3,(H,24,27)/t14-,15-/m0/s1. The van der Waals surface area contributed by atoms with Gasteiger partial charge in [-0.1, -0.05) is 25.6 Å². The normalized spacial score (nSPS) is 19.3. The van der Waals surface area contributed by atoms with E-state index in [0.717, 1.165) is 23.9 Å². The third-order valence-corrected chi connectivity index (χ3v) is 5.67. The Balaban J connectivity index is 1.55. The van der Waals surface area contributed by atoms with E-state index in [2.05, 4.69) is 34.0 Å². The Hall–Kier alpha value is -2.41. The van der Waals surface area contributed by atoms with E-state index < -0.39 is 0 Å². The summed E-state index contributed by atoms with van der Waals surface area (Å²) in [6.45, 7) is 8.06. The lowest BCUT2D eigenvalue weighted by atomic mass is 9.92. The molecule has 1 aliphatic rings. The number of ketones is 1. The van der Waals surface area contributed by atoms with Crippen molar-refractivity contribution in [2.45, 2.75) is 32.2 Å². The minimum Gasteiger partial charge on any atom is -0.356 e. The van der Waals surface area contributed by atoms with Gasteiger partial charge in [0.1, 0.15) is 17.2 Å². The number of hydrogen-bond donors (Lipinski definition) is 1. The molecule has 2 aromatic rings. The number of amides is 1. The Morgan fingerprint density at radius 2 is 1.82 bits per heavy atom. The summed E-state index contributed by atoms with van der Waals surface area (Å²) < 4.78 is 0. The second kappa shape index (κ2) is 9.19. The summed E-state index contributed by atoms with van der Waals surface area (Å²) in [6, 6.07) is 8.86. The Morgan fingerprint density at radius 3 is 2.46 bits per heavy atom. The highest BCUT2D eigenvalue weighted by atomic mass is 32.2. The highest BCUT2D eigenvalue weighted by Gasteiger charge is 2.23. The number of hydrogen-bond acceptors (Lipinski definition) is 6. The fraction of sp³-hybridized carbons (Fsp3) is 0.429. The summed E-state index contributed by atoms with van der Waals surface area (Å²) in [5.41, 5.74) is 1.30. The quantitative estimate of drug-likeness (QED) is 0.452. The molecule has 28 heavy (non-hydrogen) atoms. The first-order chi connectivity index (χ1) is 13.4. The molecule has 0 spiro atoms. The van der Waals surface area contributed by atoms with Gasteiger partial charge in [0.2, 0.25) is 5.91 Å². The molecule has 0 aliphatic carbocycles. The molecule has 3 rings (SSSR count). The molecule has 2 heterocycles. The van der Waals surface area contributed by atoms with Crippen LogP contribution < -0.4 is 10.2 Å². The Bertz CT molecular complexity index is 831. The number of aromatic nitrogens is 2. The topological polar surface area (TPSA) is 75.2 Å². The maximum atomic E-state index is 12.2. The second-order valence-electron chi connectivity index (χ2n) is 7.54. The third-order valence-electron chi connectivity index (χ3n) is 4.75. The van der Waals surface area contributed by atoms with Crippen molar-refractivity contribution in [2.24, 2.45) is 11.8 Å². The fourth-order valence-electron chi connectivity index (χ4n) is 3.56. The van der Waals surface area contributed by atoms with Gasteiger partial charge in [0, 0.05) is 30.4 Å². The molecule has 1 aromatic carbocycles. The molecule has 0 saturated carbocycles. The summed E-state index contributed by atoms with van der Waals surface area (Å²) in [7, 11) is 0. The number of benzene rings is 1. The molecule has 7 heteroatoms. The Morgan fingerprint density at radius 1 is 1.14 bits per heavy atom. The smallest absolute Gasteiger partial charge is 0.234 e. The van der Waals surface area contributed by atoms with E-state index in [4.69, 9.17) is 0 Å². The number of anilines is 2. The highest BCUT2D eigenvalue weighted by Crippen LogP contribution is 2.27.